The lowest BCUT2D eigenvalue weighted by Crippen LogP contribution is -1.85. The van der Waals surface area contributed by atoms with Gasteiger partial charge in [0.25, 0.3) is 0 Å². The minimum Gasteiger partial charge on any atom is -0.222 e. The van der Waals surface area contributed by atoms with Gasteiger partial charge in [-0.1, -0.05) is 6.07 Å². The molecule has 1 aromatic carbocycles. The molecule has 0 saturated heterocycles. The molecule has 2 radical (unpaired) electrons. The Balaban J connectivity index is 2.89. The van der Waals surface area contributed by atoms with Crippen LogP contribution in [0.4, 0.5) is 0 Å². The van der Waals surface area contributed by atoms with Crippen LogP contribution in [0.25, 0.3) is 11.0 Å². The van der Waals surface area contributed by atoms with Crippen LogP contribution in [0.5, 0.6) is 0 Å². The molecule has 0 aliphatic rings. The number of aromatic nitrogens is 3. The first kappa shape index (κ1) is 5.29. The molecule has 2 aromatic rings. The normalized spacial score (nSPS) is 10.0. The van der Waals surface area contributed by atoms with Gasteiger partial charge in [0.05, 0.1) is 5.52 Å². The maximum Gasteiger partial charge on any atom is 0.222 e. The molecule has 0 spiro atoms. The first-order valence-electron chi connectivity index (χ1n) is 2.83. The molecule has 1 heterocycles. The van der Waals surface area contributed by atoms with E-state index in [1.807, 2.05) is 6.07 Å². The summed E-state index contributed by atoms with van der Waals surface area (Å²) in [6.45, 7) is 0. The fourth-order valence-electron chi connectivity index (χ4n) is 0.741. The van der Waals surface area contributed by atoms with E-state index in [2.05, 4.69) is 27.6 Å². The lowest BCUT2D eigenvalue weighted by atomic mass is 10.3. The van der Waals surface area contributed by atoms with Crippen molar-refractivity contribution in [2.24, 2.45) is 0 Å². The van der Waals surface area contributed by atoms with Crippen LogP contribution >= 0.6 is 0 Å². The highest BCUT2D eigenvalue weighted by Crippen LogP contribution is 2.02. The second-order valence-electron chi connectivity index (χ2n) is 1.83. The van der Waals surface area contributed by atoms with Gasteiger partial charge in [-0.25, -0.2) is 4.98 Å². The number of fused-ring (bicyclic) bond motifs is 1. The third kappa shape index (κ3) is 0.719. The van der Waals surface area contributed by atoms with Gasteiger partial charge in [0.2, 0.25) is 6.33 Å². The number of hydrogen-bond acceptors (Lipinski definition) is 3. The van der Waals surface area contributed by atoms with Gasteiger partial charge in [-0.15, -0.1) is 10.2 Å². The predicted molar refractivity (Wildman–Crippen MR) is 35.0 cm³/mol. The summed E-state index contributed by atoms with van der Waals surface area (Å²) in [6, 6.07) is 8.22. The molecule has 0 N–H and O–H groups in total. The van der Waals surface area contributed by atoms with E-state index in [9.17, 15) is 0 Å². The highest BCUT2D eigenvalue weighted by Gasteiger charge is 1.90. The second-order valence-corrected chi connectivity index (χ2v) is 1.83. The van der Waals surface area contributed by atoms with Gasteiger partial charge in [0.1, 0.15) is 5.52 Å². The van der Waals surface area contributed by atoms with E-state index in [-0.39, 0.29) is 0 Å². The fourth-order valence-corrected chi connectivity index (χ4v) is 0.741. The molecule has 0 aliphatic carbocycles. The van der Waals surface area contributed by atoms with E-state index in [1.54, 1.807) is 12.1 Å². The molecule has 3 nitrogen and oxygen atoms in total. The first-order chi connectivity index (χ1) is 4.97. The molecule has 0 saturated carbocycles. The van der Waals surface area contributed by atoms with E-state index < -0.39 is 0 Å². The number of rotatable bonds is 0. The fraction of sp³-hybridized carbons (Fsp3) is 0. The second kappa shape index (κ2) is 2.02. The highest BCUT2D eigenvalue weighted by atomic mass is 15.1. The van der Waals surface area contributed by atoms with Gasteiger partial charge < -0.3 is 0 Å². The molecule has 0 atom stereocenters. The monoisotopic (exact) mass is 129 g/mol. The van der Waals surface area contributed by atoms with Crippen molar-refractivity contribution in [3.63, 3.8) is 0 Å². The number of hydrogen-bond donors (Lipinski definition) is 0. The van der Waals surface area contributed by atoms with Crippen LogP contribution in [0.1, 0.15) is 0 Å². The zero-order chi connectivity index (χ0) is 6.81. The van der Waals surface area contributed by atoms with E-state index >= 15 is 0 Å². The summed E-state index contributed by atoms with van der Waals surface area (Å²) in [6.07, 6.45) is 2.41. The zero-order valence-electron chi connectivity index (χ0n) is 5.07. The van der Waals surface area contributed by atoms with Crippen LogP contribution in [0.15, 0.2) is 18.2 Å². The van der Waals surface area contributed by atoms with Gasteiger partial charge >= 0.3 is 0 Å². The molecule has 0 unspecified atom stereocenters. The molecule has 1 aromatic heterocycles. The van der Waals surface area contributed by atoms with E-state index in [4.69, 9.17) is 0 Å². The quantitative estimate of drug-likeness (QED) is 0.523. The van der Waals surface area contributed by atoms with Crippen LogP contribution in [0, 0.1) is 12.4 Å². The van der Waals surface area contributed by atoms with Crippen molar-refractivity contribution in [2.75, 3.05) is 0 Å². The Morgan fingerprint density at radius 3 is 3.20 bits per heavy atom. The van der Waals surface area contributed by atoms with Crippen LogP contribution in [0.2, 0.25) is 0 Å². The lowest BCUT2D eigenvalue weighted by molar-refractivity contribution is 1.01. The molecule has 0 aliphatic heterocycles. The average Bonchev–Trinajstić information content (AvgIpc) is 2.05. The molecule has 0 fully saturated rings. The Kier molecular flexibility index (Phi) is 1.07. The van der Waals surface area contributed by atoms with Gasteiger partial charge in [-0.2, -0.15) is 0 Å². The van der Waals surface area contributed by atoms with Gasteiger partial charge in [-0.05, 0) is 18.2 Å². The standard InChI is InChI=1S/C7H3N3/c1-2-4-7-6(3-1)8-5-9-10-7/h1,3-4H. The SMILES string of the molecule is [c]1ccc2n[c]nnc2c1. The number of benzene rings is 1. The Morgan fingerprint density at radius 1 is 1.30 bits per heavy atom. The largest absolute Gasteiger partial charge is 0.222 e. The van der Waals surface area contributed by atoms with Crippen LogP contribution in [-0.2, 0) is 0 Å². The Labute approximate surface area is 57.7 Å². The number of nitrogens with zero attached hydrogens (tertiary/aromatic N) is 3. The molecule has 46 valence electrons. The average molecular weight is 129 g/mol. The van der Waals surface area contributed by atoms with Crippen molar-refractivity contribution >= 4 is 11.0 Å². The summed E-state index contributed by atoms with van der Waals surface area (Å²) in [4.78, 5) is 3.86. The first-order valence-corrected chi connectivity index (χ1v) is 2.83. The van der Waals surface area contributed by atoms with Gasteiger partial charge in [0, 0.05) is 0 Å². The Morgan fingerprint density at radius 2 is 2.30 bits per heavy atom. The molecular weight excluding hydrogens is 126 g/mol. The van der Waals surface area contributed by atoms with Crippen molar-refractivity contribution in [3.05, 3.63) is 30.6 Å². The summed E-state index contributed by atoms with van der Waals surface area (Å²) in [7, 11) is 0. The third-order valence-corrected chi connectivity index (χ3v) is 1.19. The Bertz CT molecular complexity index is 280. The van der Waals surface area contributed by atoms with Gasteiger partial charge in [0.15, 0.2) is 0 Å². The van der Waals surface area contributed by atoms with E-state index in [0.29, 0.717) is 0 Å². The van der Waals surface area contributed by atoms with Gasteiger partial charge in [-0.3, -0.25) is 0 Å². The Hall–Kier alpha value is -1.51. The van der Waals surface area contributed by atoms with Crippen molar-refractivity contribution in [1.29, 1.82) is 0 Å². The van der Waals surface area contributed by atoms with E-state index in [1.165, 1.54) is 0 Å². The maximum atomic E-state index is 3.86. The molecule has 0 amide bonds. The van der Waals surface area contributed by atoms with Crippen molar-refractivity contribution < 1.29 is 0 Å². The summed E-state index contributed by atoms with van der Waals surface area (Å²) in [5.41, 5.74) is 1.55. The summed E-state index contributed by atoms with van der Waals surface area (Å²) in [5.74, 6) is 0. The molecular formula is C7H3N3. The summed E-state index contributed by atoms with van der Waals surface area (Å²) >= 11 is 0. The minimum absolute atomic E-state index is 0.751. The van der Waals surface area contributed by atoms with Crippen LogP contribution in [-0.4, -0.2) is 15.2 Å². The summed E-state index contributed by atoms with van der Waals surface area (Å²) in [5, 5.41) is 7.29. The van der Waals surface area contributed by atoms with Crippen molar-refractivity contribution in [2.45, 2.75) is 0 Å². The minimum atomic E-state index is 0.751. The molecule has 2 rings (SSSR count). The molecule has 0 bridgehead atoms. The zero-order valence-corrected chi connectivity index (χ0v) is 5.07. The third-order valence-electron chi connectivity index (χ3n) is 1.19. The molecule has 10 heavy (non-hydrogen) atoms. The van der Waals surface area contributed by atoms with Crippen molar-refractivity contribution in [1.82, 2.24) is 15.2 Å². The maximum absolute atomic E-state index is 3.86. The van der Waals surface area contributed by atoms with Crippen molar-refractivity contribution in [3.8, 4) is 0 Å². The van der Waals surface area contributed by atoms with E-state index in [0.717, 1.165) is 11.0 Å². The smallest absolute Gasteiger partial charge is 0.222 e. The highest BCUT2D eigenvalue weighted by molar-refractivity contribution is 5.72. The predicted octanol–water partition coefficient (Wildman–Crippen LogP) is 0.625. The molecule has 3 heteroatoms. The summed E-state index contributed by atoms with van der Waals surface area (Å²) < 4.78 is 0. The lowest BCUT2D eigenvalue weighted by Gasteiger charge is -1.88. The van der Waals surface area contributed by atoms with Crippen LogP contribution in [0.3, 0.4) is 0 Å². The van der Waals surface area contributed by atoms with Crippen LogP contribution < -0.4 is 0 Å². The topological polar surface area (TPSA) is 38.7 Å².